The van der Waals surface area contributed by atoms with Gasteiger partial charge in [-0.1, -0.05) is 49.3 Å². The maximum Gasteiger partial charge on any atom is 0.253 e. The lowest BCUT2D eigenvalue weighted by Crippen LogP contribution is -2.33. The number of hydrogen-bond donors (Lipinski definition) is 2. The molecule has 34 heavy (non-hydrogen) atoms. The molecule has 0 aliphatic carbocycles. The summed E-state index contributed by atoms with van der Waals surface area (Å²) in [5.74, 6) is -2.10. The fourth-order valence-corrected chi connectivity index (χ4v) is 4.53. The van der Waals surface area contributed by atoms with E-state index in [0.717, 1.165) is 17.8 Å². The van der Waals surface area contributed by atoms with E-state index >= 15 is 0 Å². The molecule has 2 N–H and O–H groups in total. The Morgan fingerprint density at radius 2 is 1.91 bits per heavy atom. The molecule has 0 fully saturated rings. The first-order chi connectivity index (χ1) is 16.1. The van der Waals surface area contributed by atoms with Gasteiger partial charge in [0.2, 0.25) is 5.91 Å². The molecule has 3 rings (SSSR count). The van der Waals surface area contributed by atoms with Gasteiger partial charge < -0.3 is 15.2 Å². The van der Waals surface area contributed by atoms with E-state index in [-0.39, 0.29) is 27.7 Å². The molecule has 12 heteroatoms. The van der Waals surface area contributed by atoms with Crippen LogP contribution in [-0.4, -0.2) is 32.3 Å². The van der Waals surface area contributed by atoms with E-state index in [2.05, 4.69) is 36.8 Å². The predicted molar refractivity (Wildman–Crippen MR) is 131 cm³/mol. The Hall–Kier alpha value is -2.50. The summed E-state index contributed by atoms with van der Waals surface area (Å²) in [4.78, 5) is 25.1. The Morgan fingerprint density at radius 3 is 2.56 bits per heavy atom. The minimum Gasteiger partial charge on any atom is -0.342 e. The van der Waals surface area contributed by atoms with E-state index in [1.54, 1.807) is 35.9 Å². The summed E-state index contributed by atoms with van der Waals surface area (Å²) in [5, 5.41) is 14.5. The third kappa shape index (κ3) is 6.13. The molecule has 0 unspecified atom stereocenters. The van der Waals surface area contributed by atoms with Crippen LogP contribution in [0, 0.1) is 17.6 Å². The van der Waals surface area contributed by atoms with Crippen LogP contribution in [0.5, 0.6) is 0 Å². The number of nitrogens with zero attached hydrogens (tertiary/aromatic N) is 3. The van der Waals surface area contributed by atoms with Gasteiger partial charge in [0.05, 0.1) is 28.1 Å². The number of benzene rings is 2. The van der Waals surface area contributed by atoms with Gasteiger partial charge >= 0.3 is 0 Å². The van der Waals surface area contributed by atoms with E-state index in [4.69, 9.17) is 11.6 Å². The van der Waals surface area contributed by atoms with Gasteiger partial charge in [0, 0.05) is 17.6 Å². The molecule has 3 aromatic rings. The highest BCUT2D eigenvalue weighted by Gasteiger charge is 2.26. The van der Waals surface area contributed by atoms with Crippen molar-refractivity contribution >= 4 is 56.8 Å². The zero-order chi connectivity index (χ0) is 25.0. The highest BCUT2D eigenvalue weighted by molar-refractivity contribution is 9.10. The van der Waals surface area contributed by atoms with Crippen LogP contribution in [0.4, 0.5) is 14.5 Å². The van der Waals surface area contributed by atoms with Crippen LogP contribution in [0.3, 0.4) is 0 Å². The molecular formula is C22H21BrClF2N5O2S. The van der Waals surface area contributed by atoms with Crippen LogP contribution in [0.1, 0.15) is 36.1 Å². The second kappa shape index (κ2) is 11.3. The molecule has 1 atom stereocenters. The Bertz CT molecular complexity index is 1200. The summed E-state index contributed by atoms with van der Waals surface area (Å²) in [5.41, 5.74) is 0.204. The SMILES string of the molecule is CC(C)[C@@H](NC(=O)c1ccccc1Cl)c1nnc(SCC(=O)Nc2c(F)cc(F)cc2Br)n1C. The molecule has 1 heterocycles. The number of halogens is 4. The third-order valence-electron chi connectivity index (χ3n) is 4.82. The second-order valence-electron chi connectivity index (χ2n) is 7.66. The van der Waals surface area contributed by atoms with Crippen molar-refractivity contribution in [2.45, 2.75) is 25.0 Å². The molecule has 0 radical (unpaired) electrons. The van der Waals surface area contributed by atoms with Gasteiger partial charge in [-0.25, -0.2) is 8.78 Å². The van der Waals surface area contributed by atoms with Crippen LogP contribution in [0.15, 0.2) is 46.0 Å². The highest BCUT2D eigenvalue weighted by atomic mass is 79.9. The number of carbonyl (C=O) groups excluding carboxylic acids is 2. The van der Waals surface area contributed by atoms with Crippen LogP contribution in [0.2, 0.25) is 5.02 Å². The first-order valence-corrected chi connectivity index (χ1v) is 12.3. The van der Waals surface area contributed by atoms with Gasteiger partial charge in [-0.05, 0) is 40.0 Å². The van der Waals surface area contributed by atoms with Crippen LogP contribution in [0.25, 0.3) is 0 Å². The minimum atomic E-state index is -0.889. The molecule has 0 saturated heterocycles. The van der Waals surface area contributed by atoms with Crippen molar-refractivity contribution in [3.8, 4) is 0 Å². The van der Waals surface area contributed by atoms with Gasteiger partial charge in [0.15, 0.2) is 16.8 Å². The molecule has 0 bridgehead atoms. The molecule has 0 spiro atoms. The lowest BCUT2D eigenvalue weighted by Gasteiger charge is -2.22. The van der Waals surface area contributed by atoms with Gasteiger partial charge in [0.1, 0.15) is 5.82 Å². The number of hydrogen-bond acceptors (Lipinski definition) is 5. The maximum atomic E-state index is 14.0. The van der Waals surface area contributed by atoms with Crippen LogP contribution < -0.4 is 10.6 Å². The maximum absolute atomic E-state index is 14.0. The molecular weight excluding hydrogens is 552 g/mol. The zero-order valence-corrected chi connectivity index (χ0v) is 21.6. The molecule has 2 amide bonds. The minimum absolute atomic E-state index is 0.0192. The number of anilines is 1. The largest absolute Gasteiger partial charge is 0.342 e. The monoisotopic (exact) mass is 571 g/mol. The number of rotatable bonds is 8. The molecule has 0 aliphatic heterocycles. The molecule has 2 aromatic carbocycles. The van der Waals surface area contributed by atoms with Gasteiger partial charge in [-0.2, -0.15) is 0 Å². The summed E-state index contributed by atoms with van der Waals surface area (Å²) in [6.45, 7) is 3.86. The number of carbonyl (C=O) groups is 2. The van der Waals surface area contributed by atoms with Crippen LogP contribution in [-0.2, 0) is 11.8 Å². The third-order valence-corrected chi connectivity index (χ3v) is 6.80. The number of thioether (sulfide) groups is 1. The van der Waals surface area contributed by atoms with E-state index < -0.39 is 23.6 Å². The second-order valence-corrected chi connectivity index (χ2v) is 9.86. The number of amides is 2. The van der Waals surface area contributed by atoms with Crippen LogP contribution >= 0.6 is 39.3 Å². The van der Waals surface area contributed by atoms with Crippen molar-refractivity contribution in [1.82, 2.24) is 20.1 Å². The van der Waals surface area contributed by atoms with Crippen molar-refractivity contribution in [1.29, 1.82) is 0 Å². The first kappa shape index (κ1) is 26.1. The van der Waals surface area contributed by atoms with E-state index in [0.29, 0.717) is 27.6 Å². The van der Waals surface area contributed by atoms with Crippen molar-refractivity contribution in [2.75, 3.05) is 11.1 Å². The quantitative estimate of drug-likeness (QED) is 0.355. The average Bonchev–Trinajstić information content (AvgIpc) is 3.13. The molecule has 0 saturated carbocycles. The number of aromatic nitrogens is 3. The van der Waals surface area contributed by atoms with Crippen molar-refractivity contribution in [3.05, 3.63) is 68.9 Å². The number of nitrogens with one attached hydrogen (secondary N) is 2. The Labute approximate surface area is 212 Å². The van der Waals surface area contributed by atoms with Gasteiger partial charge in [0.25, 0.3) is 5.91 Å². The van der Waals surface area contributed by atoms with Crippen molar-refractivity contribution < 1.29 is 18.4 Å². The summed E-state index contributed by atoms with van der Waals surface area (Å²) in [6, 6.07) is 8.02. The fraction of sp³-hybridized carbons (Fsp3) is 0.273. The summed E-state index contributed by atoms with van der Waals surface area (Å²) in [7, 11) is 1.73. The molecule has 1 aromatic heterocycles. The smallest absolute Gasteiger partial charge is 0.253 e. The lowest BCUT2D eigenvalue weighted by molar-refractivity contribution is -0.113. The van der Waals surface area contributed by atoms with E-state index in [9.17, 15) is 18.4 Å². The summed E-state index contributed by atoms with van der Waals surface area (Å²) in [6.07, 6.45) is 0. The topological polar surface area (TPSA) is 88.9 Å². The summed E-state index contributed by atoms with van der Waals surface area (Å²) >= 11 is 10.3. The van der Waals surface area contributed by atoms with E-state index in [1.165, 1.54) is 0 Å². The van der Waals surface area contributed by atoms with Gasteiger partial charge in [-0.3, -0.25) is 9.59 Å². The molecule has 0 aliphatic rings. The Morgan fingerprint density at radius 1 is 1.21 bits per heavy atom. The van der Waals surface area contributed by atoms with Crippen molar-refractivity contribution in [2.24, 2.45) is 13.0 Å². The van der Waals surface area contributed by atoms with Gasteiger partial charge in [-0.15, -0.1) is 10.2 Å². The lowest BCUT2D eigenvalue weighted by atomic mass is 10.0. The predicted octanol–water partition coefficient (Wildman–Crippen LogP) is 5.37. The normalized spacial score (nSPS) is 12.0. The standard InChI is InChI=1S/C22H21BrClF2N5O2S/c1-11(2)18(28-21(33)13-6-4-5-7-15(13)24)20-29-30-22(31(20)3)34-10-17(32)27-19-14(23)8-12(25)9-16(19)26/h4-9,11,18H,10H2,1-3H3,(H,27,32)(H,28,33)/t18-/m1/s1. The highest BCUT2D eigenvalue weighted by Crippen LogP contribution is 2.28. The first-order valence-electron chi connectivity index (χ1n) is 10.1. The van der Waals surface area contributed by atoms with E-state index in [1.807, 2.05) is 13.8 Å². The molecule has 180 valence electrons. The average molecular weight is 573 g/mol. The fourth-order valence-electron chi connectivity index (χ4n) is 3.08. The Balaban J connectivity index is 1.69. The Kier molecular flexibility index (Phi) is 8.67. The molecule has 7 nitrogen and oxygen atoms in total. The zero-order valence-electron chi connectivity index (χ0n) is 18.4. The van der Waals surface area contributed by atoms with Crippen molar-refractivity contribution in [3.63, 3.8) is 0 Å². The summed E-state index contributed by atoms with van der Waals surface area (Å²) < 4.78 is 29.0.